The number of hydrogen-bond acceptors (Lipinski definition) is 2. The second-order valence-corrected chi connectivity index (χ2v) is 4.26. The summed E-state index contributed by atoms with van der Waals surface area (Å²) in [6.07, 6.45) is 0.851. The number of nitrogens with one attached hydrogen (secondary N) is 1. The summed E-state index contributed by atoms with van der Waals surface area (Å²) in [7, 11) is 0. The normalized spacial score (nSPS) is 14.4. The third-order valence-electron chi connectivity index (χ3n) is 2.69. The molecule has 0 bridgehead atoms. The number of carboxylic acids is 1. The van der Waals surface area contributed by atoms with Crippen LogP contribution in [0.4, 0.5) is 0 Å². The van der Waals surface area contributed by atoms with E-state index in [2.05, 4.69) is 24.4 Å². The van der Waals surface area contributed by atoms with E-state index in [1.807, 2.05) is 19.1 Å². The Morgan fingerprint density at radius 2 is 2.00 bits per heavy atom. The van der Waals surface area contributed by atoms with Crippen molar-refractivity contribution in [2.75, 3.05) is 0 Å². The third-order valence-corrected chi connectivity index (χ3v) is 2.69. The van der Waals surface area contributed by atoms with Gasteiger partial charge in [-0.1, -0.05) is 24.3 Å². The van der Waals surface area contributed by atoms with Crippen LogP contribution >= 0.6 is 0 Å². The molecule has 2 atom stereocenters. The van der Waals surface area contributed by atoms with Gasteiger partial charge in [0.15, 0.2) is 0 Å². The van der Waals surface area contributed by atoms with Crippen molar-refractivity contribution in [1.82, 2.24) is 5.32 Å². The lowest BCUT2D eigenvalue weighted by Crippen LogP contribution is -2.40. The number of aryl methyl sites for hydroxylation is 1. The van der Waals surface area contributed by atoms with Crippen LogP contribution in [0.1, 0.15) is 25.0 Å². The Bertz CT molecular complexity index is 363. The number of carbonyl (C=O) groups is 1. The quantitative estimate of drug-likeness (QED) is 0.799. The number of aliphatic carboxylic acids is 1. The molecular weight excluding hydrogens is 202 g/mol. The van der Waals surface area contributed by atoms with Crippen molar-refractivity contribution in [1.29, 1.82) is 0 Å². The maximum atomic E-state index is 10.7. The SMILES string of the molecule is Cc1ccccc1CC(C)NC(C)C(=O)O. The van der Waals surface area contributed by atoms with Gasteiger partial charge in [0.2, 0.25) is 0 Å². The van der Waals surface area contributed by atoms with Crippen LogP contribution in [-0.2, 0) is 11.2 Å². The molecule has 2 unspecified atom stereocenters. The van der Waals surface area contributed by atoms with Crippen molar-refractivity contribution in [2.45, 2.75) is 39.3 Å². The third kappa shape index (κ3) is 3.66. The molecule has 3 nitrogen and oxygen atoms in total. The topological polar surface area (TPSA) is 49.3 Å². The second-order valence-electron chi connectivity index (χ2n) is 4.26. The predicted octanol–water partition coefficient (Wildman–Crippen LogP) is 1.99. The fourth-order valence-corrected chi connectivity index (χ4v) is 1.73. The van der Waals surface area contributed by atoms with Crippen molar-refractivity contribution in [2.24, 2.45) is 0 Å². The first-order valence-corrected chi connectivity index (χ1v) is 5.54. The number of hydrogen-bond donors (Lipinski definition) is 2. The number of benzene rings is 1. The molecule has 0 fully saturated rings. The van der Waals surface area contributed by atoms with Crippen LogP contribution in [0.5, 0.6) is 0 Å². The van der Waals surface area contributed by atoms with E-state index in [9.17, 15) is 4.79 Å². The number of rotatable bonds is 5. The lowest BCUT2D eigenvalue weighted by atomic mass is 10.0. The summed E-state index contributed by atoms with van der Waals surface area (Å²) < 4.78 is 0. The Morgan fingerprint density at radius 3 is 2.56 bits per heavy atom. The smallest absolute Gasteiger partial charge is 0.320 e. The molecule has 0 spiro atoms. The minimum absolute atomic E-state index is 0.159. The van der Waals surface area contributed by atoms with Crippen molar-refractivity contribution in [3.63, 3.8) is 0 Å². The van der Waals surface area contributed by atoms with Gasteiger partial charge in [-0.05, 0) is 38.3 Å². The summed E-state index contributed by atoms with van der Waals surface area (Å²) in [5.74, 6) is -0.809. The minimum atomic E-state index is -0.809. The molecule has 0 radical (unpaired) electrons. The van der Waals surface area contributed by atoms with E-state index in [-0.39, 0.29) is 6.04 Å². The van der Waals surface area contributed by atoms with Crippen LogP contribution in [0.25, 0.3) is 0 Å². The van der Waals surface area contributed by atoms with Gasteiger partial charge in [-0.25, -0.2) is 0 Å². The summed E-state index contributed by atoms with van der Waals surface area (Å²) in [5, 5.41) is 11.8. The zero-order valence-corrected chi connectivity index (χ0v) is 10.0. The highest BCUT2D eigenvalue weighted by atomic mass is 16.4. The van der Waals surface area contributed by atoms with E-state index in [1.165, 1.54) is 11.1 Å². The second kappa shape index (κ2) is 5.66. The molecular formula is C13H19NO2. The van der Waals surface area contributed by atoms with Gasteiger partial charge >= 0.3 is 5.97 Å². The molecule has 0 saturated heterocycles. The average molecular weight is 221 g/mol. The highest BCUT2D eigenvalue weighted by Gasteiger charge is 2.14. The molecule has 0 heterocycles. The molecule has 3 heteroatoms. The summed E-state index contributed by atoms with van der Waals surface area (Å²) in [4.78, 5) is 10.7. The van der Waals surface area contributed by atoms with Crippen LogP contribution in [-0.4, -0.2) is 23.2 Å². The molecule has 2 N–H and O–H groups in total. The van der Waals surface area contributed by atoms with Gasteiger partial charge in [-0.15, -0.1) is 0 Å². The van der Waals surface area contributed by atoms with Gasteiger partial charge in [0.25, 0.3) is 0 Å². The minimum Gasteiger partial charge on any atom is -0.480 e. The lowest BCUT2D eigenvalue weighted by molar-refractivity contribution is -0.139. The van der Waals surface area contributed by atoms with Gasteiger partial charge in [0, 0.05) is 6.04 Å². The highest BCUT2D eigenvalue weighted by molar-refractivity contribution is 5.72. The van der Waals surface area contributed by atoms with Crippen LogP contribution < -0.4 is 5.32 Å². The lowest BCUT2D eigenvalue weighted by Gasteiger charge is -2.18. The van der Waals surface area contributed by atoms with Crippen LogP contribution in [0.2, 0.25) is 0 Å². The Morgan fingerprint density at radius 1 is 1.38 bits per heavy atom. The zero-order valence-electron chi connectivity index (χ0n) is 10.0. The van der Waals surface area contributed by atoms with Gasteiger partial charge in [0.1, 0.15) is 6.04 Å². The molecule has 88 valence electrons. The molecule has 1 aromatic rings. The fourth-order valence-electron chi connectivity index (χ4n) is 1.73. The van der Waals surface area contributed by atoms with Crippen molar-refractivity contribution < 1.29 is 9.90 Å². The predicted molar refractivity (Wildman–Crippen MR) is 64.6 cm³/mol. The van der Waals surface area contributed by atoms with E-state index >= 15 is 0 Å². The van der Waals surface area contributed by atoms with Crippen LogP contribution in [0.15, 0.2) is 24.3 Å². The van der Waals surface area contributed by atoms with E-state index in [0.717, 1.165) is 6.42 Å². The first-order chi connectivity index (χ1) is 7.50. The molecule has 0 aliphatic heterocycles. The van der Waals surface area contributed by atoms with Gasteiger partial charge < -0.3 is 10.4 Å². The molecule has 0 aromatic heterocycles. The monoisotopic (exact) mass is 221 g/mol. The summed E-state index contributed by atoms with van der Waals surface area (Å²) >= 11 is 0. The van der Waals surface area contributed by atoms with Gasteiger partial charge in [-0.2, -0.15) is 0 Å². The Labute approximate surface area is 96.5 Å². The Balaban J connectivity index is 2.55. The average Bonchev–Trinajstić information content (AvgIpc) is 2.21. The van der Waals surface area contributed by atoms with E-state index in [1.54, 1.807) is 6.92 Å². The molecule has 0 aliphatic carbocycles. The van der Waals surface area contributed by atoms with Gasteiger partial charge in [-0.3, -0.25) is 4.79 Å². The van der Waals surface area contributed by atoms with Crippen LogP contribution in [0, 0.1) is 6.92 Å². The standard InChI is InChI=1S/C13H19NO2/c1-9-6-4-5-7-12(9)8-10(2)14-11(3)13(15)16/h4-7,10-11,14H,8H2,1-3H3,(H,15,16). The molecule has 0 aliphatic rings. The van der Waals surface area contributed by atoms with Crippen molar-refractivity contribution in [3.05, 3.63) is 35.4 Å². The number of carboxylic acid groups (broad SMARTS) is 1. The maximum absolute atomic E-state index is 10.7. The van der Waals surface area contributed by atoms with Crippen molar-refractivity contribution >= 4 is 5.97 Å². The largest absolute Gasteiger partial charge is 0.480 e. The summed E-state index contributed by atoms with van der Waals surface area (Å²) in [5.41, 5.74) is 2.51. The fraction of sp³-hybridized carbons (Fsp3) is 0.462. The molecule has 0 amide bonds. The zero-order chi connectivity index (χ0) is 12.1. The molecule has 16 heavy (non-hydrogen) atoms. The molecule has 0 saturated carbocycles. The summed E-state index contributed by atoms with van der Waals surface area (Å²) in [6, 6.07) is 7.83. The highest BCUT2D eigenvalue weighted by Crippen LogP contribution is 2.09. The summed E-state index contributed by atoms with van der Waals surface area (Å²) in [6.45, 7) is 5.74. The Kier molecular flexibility index (Phi) is 4.50. The molecule has 1 rings (SSSR count). The van der Waals surface area contributed by atoms with Gasteiger partial charge in [0.05, 0.1) is 0 Å². The first kappa shape index (κ1) is 12.7. The van der Waals surface area contributed by atoms with Crippen LogP contribution in [0.3, 0.4) is 0 Å². The van der Waals surface area contributed by atoms with Crippen molar-refractivity contribution in [3.8, 4) is 0 Å². The maximum Gasteiger partial charge on any atom is 0.320 e. The molecule has 1 aromatic carbocycles. The van der Waals surface area contributed by atoms with E-state index < -0.39 is 12.0 Å². The van der Waals surface area contributed by atoms with E-state index in [0.29, 0.717) is 0 Å². The van der Waals surface area contributed by atoms with E-state index in [4.69, 9.17) is 5.11 Å². The Hall–Kier alpha value is -1.35. The first-order valence-electron chi connectivity index (χ1n) is 5.54.